The van der Waals surface area contributed by atoms with Crippen LogP contribution in [0, 0.1) is 18.8 Å². The van der Waals surface area contributed by atoms with Gasteiger partial charge in [0.15, 0.2) is 5.79 Å². The molecule has 2 N–H and O–H groups in total. The summed E-state index contributed by atoms with van der Waals surface area (Å²) >= 11 is 6.19. The number of nitrogens with zero attached hydrogens (tertiary/aromatic N) is 4. The minimum Gasteiger partial charge on any atom is -0.444 e. The number of carbonyl (C=O) groups excluding carboxylic acids is 1. The van der Waals surface area contributed by atoms with E-state index in [1.54, 1.807) is 0 Å². The maximum absolute atomic E-state index is 12.8. The normalized spacial score (nSPS) is 30.6. The van der Waals surface area contributed by atoms with Crippen molar-refractivity contribution in [3.8, 4) is 0 Å². The summed E-state index contributed by atoms with van der Waals surface area (Å²) in [6.45, 7) is 13.0. The van der Waals surface area contributed by atoms with Crippen LogP contribution in [0.3, 0.4) is 0 Å². The van der Waals surface area contributed by atoms with Gasteiger partial charge in [-0.05, 0) is 89.8 Å². The van der Waals surface area contributed by atoms with E-state index < -0.39 is 11.4 Å². The minimum absolute atomic E-state index is 0.00486. The maximum atomic E-state index is 12.8. The zero-order valence-electron chi connectivity index (χ0n) is 21.4. The number of likely N-dealkylation sites (tertiary alicyclic amines) is 1. The van der Waals surface area contributed by atoms with Gasteiger partial charge in [-0.3, -0.25) is 0 Å². The topological polar surface area (TPSA) is 105 Å². The lowest BCUT2D eigenvalue weighted by atomic mass is 9.83. The first kappa shape index (κ1) is 24.6. The molecule has 1 amide bonds. The van der Waals surface area contributed by atoms with E-state index in [-0.39, 0.29) is 41.5 Å². The first-order valence-electron chi connectivity index (χ1n) is 12.5. The highest BCUT2D eigenvalue weighted by molar-refractivity contribution is 6.28. The molecule has 5 rings (SSSR count). The van der Waals surface area contributed by atoms with Gasteiger partial charge < -0.3 is 29.4 Å². The summed E-state index contributed by atoms with van der Waals surface area (Å²) in [4.78, 5) is 23.3. The Labute approximate surface area is 211 Å². The molecule has 2 saturated heterocycles. The molecule has 0 aromatic carbocycles. The van der Waals surface area contributed by atoms with Crippen LogP contribution in [0.5, 0.6) is 0 Å². The molecule has 0 radical (unpaired) electrons. The average molecular weight is 506 g/mol. The minimum atomic E-state index is -0.685. The lowest BCUT2D eigenvalue weighted by molar-refractivity contribution is -0.163. The van der Waals surface area contributed by atoms with Gasteiger partial charge in [-0.15, -0.1) is 0 Å². The number of carbonyl (C=O) groups is 1. The predicted molar refractivity (Wildman–Crippen MR) is 133 cm³/mol. The number of rotatable bonds is 2. The van der Waals surface area contributed by atoms with Crippen molar-refractivity contribution in [2.45, 2.75) is 90.4 Å². The van der Waals surface area contributed by atoms with Crippen LogP contribution < -0.4 is 5.73 Å². The lowest BCUT2D eigenvalue weighted by Crippen LogP contribution is -2.46. The largest absolute Gasteiger partial charge is 0.444 e. The van der Waals surface area contributed by atoms with Crippen molar-refractivity contribution in [2.75, 3.05) is 18.8 Å². The number of aryl methyl sites for hydroxylation is 1. The molecule has 2 aromatic heterocycles. The molecular formula is C25H36ClN5O4. The highest BCUT2D eigenvalue weighted by Crippen LogP contribution is 2.51. The summed E-state index contributed by atoms with van der Waals surface area (Å²) in [5.41, 5.74) is 7.40. The summed E-state index contributed by atoms with van der Waals surface area (Å²) in [6.07, 6.45) is 4.43. The highest BCUT2D eigenvalue weighted by atomic mass is 35.5. The van der Waals surface area contributed by atoms with Crippen LogP contribution in [0.2, 0.25) is 5.28 Å². The fourth-order valence-electron chi connectivity index (χ4n) is 6.17. The summed E-state index contributed by atoms with van der Waals surface area (Å²) < 4.78 is 20.7. The van der Waals surface area contributed by atoms with Crippen molar-refractivity contribution in [1.82, 2.24) is 19.4 Å². The number of nitrogen functional groups attached to an aromatic ring is 1. The second-order valence-electron chi connectivity index (χ2n) is 11.7. The molecule has 1 saturated carbocycles. The molecule has 3 fully saturated rings. The number of fused-ring (bicyclic) bond motifs is 2. The summed E-state index contributed by atoms with van der Waals surface area (Å²) in [7, 11) is 0. The number of aromatic nitrogens is 3. The van der Waals surface area contributed by atoms with Crippen molar-refractivity contribution in [3.63, 3.8) is 0 Å². The second kappa shape index (κ2) is 8.49. The first-order valence-corrected chi connectivity index (χ1v) is 12.8. The standard InChI is InChI=1S/C25H36ClN5O4/c1-13-11-31(21-17(13)20(27)28-22(26)29-21)16-10-15(18-19(16)34-25(5,6)33-18)14-8-7-9-30(12-14)23(32)35-24(2,3)4/h11,14-16,18-19H,7-10,12H2,1-6H3,(H2,27,28,29)/t14?,15-,16-,18-,19+/m1/s1. The number of hydrogen-bond acceptors (Lipinski definition) is 7. The molecule has 0 spiro atoms. The molecule has 2 aliphatic heterocycles. The monoisotopic (exact) mass is 505 g/mol. The van der Waals surface area contributed by atoms with E-state index in [1.807, 2.05) is 46.4 Å². The number of anilines is 1. The van der Waals surface area contributed by atoms with Gasteiger partial charge in [-0.1, -0.05) is 0 Å². The second-order valence-corrected chi connectivity index (χ2v) is 12.0. The number of ether oxygens (including phenoxy) is 3. The van der Waals surface area contributed by atoms with E-state index in [2.05, 4.69) is 20.7 Å². The Morgan fingerprint density at radius 2 is 1.97 bits per heavy atom. The van der Waals surface area contributed by atoms with Crippen LogP contribution >= 0.6 is 11.6 Å². The highest BCUT2D eigenvalue weighted by Gasteiger charge is 2.57. The van der Waals surface area contributed by atoms with Crippen molar-refractivity contribution in [2.24, 2.45) is 11.8 Å². The molecule has 0 bridgehead atoms. The first-order chi connectivity index (χ1) is 16.3. The maximum Gasteiger partial charge on any atom is 0.410 e. The third kappa shape index (κ3) is 4.58. The van der Waals surface area contributed by atoms with E-state index in [0.717, 1.165) is 35.9 Å². The molecule has 1 aliphatic carbocycles. The Balaban J connectivity index is 1.45. The molecular weight excluding hydrogens is 470 g/mol. The van der Waals surface area contributed by atoms with Gasteiger partial charge in [0.05, 0.1) is 17.5 Å². The van der Waals surface area contributed by atoms with Crippen LogP contribution in [0.15, 0.2) is 6.20 Å². The van der Waals surface area contributed by atoms with Crippen LogP contribution in [0.4, 0.5) is 10.6 Å². The third-order valence-electron chi connectivity index (χ3n) is 7.41. The number of nitrogens with two attached hydrogens (primary N) is 1. The number of hydrogen-bond donors (Lipinski definition) is 1. The summed E-state index contributed by atoms with van der Waals surface area (Å²) in [5, 5.41) is 0.950. The molecule has 2 aromatic rings. The van der Waals surface area contributed by atoms with Gasteiger partial charge in [0, 0.05) is 19.3 Å². The number of amides is 1. The molecule has 10 heteroatoms. The average Bonchev–Trinajstić information content (AvgIpc) is 3.34. The SMILES string of the molecule is Cc1cn([C@@H]2C[C@H](C3CCCN(C(=O)OC(C)(C)C)C3)[C@H]3OC(C)(C)O[C@H]32)c2nc(Cl)nc(N)c12. The fraction of sp³-hybridized carbons (Fsp3) is 0.720. The smallest absolute Gasteiger partial charge is 0.410 e. The molecule has 192 valence electrons. The Hall–Kier alpha value is -2.10. The van der Waals surface area contributed by atoms with Gasteiger partial charge in [0.25, 0.3) is 0 Å². The van der Waals surface area contributed by atoms with E-state index in [9.17, 15) is 4.79 Å². The van der Waals surface area contributed by atoms with Gasteiger partial charge in [-0.2, -0.15) is 4.98 Å². The third-order valence-corrected chi connectivity index (χ3v) is 7.58. The molecule has 1 unspecified atom stereocenters. The Kier molecular flexibility index (Phi) is 5.96. The predicted octanol–water partition coefficient (Wildman–Crippen LogP) is 4.70. The Morgan fingerprint density at radius 1 is 1.26 bits per heavy atom. The quantitative estimate of drug-likeness (QED) is 0.589. The van der Waals surface area contributed by atoms with E-state index in [0.29, 0.717) is 18.9 Å². The zero-order valence-corrected chi connectivity index (χ0v) is 22.1. The number of piperidine rings is 1. The summed E-state index contributed by atoms with van der Waals surface area (Å²) in [5.74, 6) is 0.212. The lowest BCUT2D eigenvalue weighted by Gasteiger charge is -2.38. The van der Waals surface area contributed by atoms with Crippen molar-refractivity contribution < 1.29 is 19.0 Å². The fourth-order valence-corrected chi connectivity index (χ4v) is 6.34. The van der Waals surface area contributed by atoms with E-state index in [1.165, 1.54) is 0 Å². The zero-order chi connectivity index (χ0) is 25.3. The molecule has 4 heterocycles. The van der Waals surface area contributed by atoms with Crippen molar-refractivity contribution in [3.05, 3.63) is 17.0 Å². The van der Waals surface area contributed by atoms with E-state index in [4.69, 9.17) is 31.5 Å². The van der Waals surface area contributed by atoms with Crippen LogP contribution in [-0.4, -0.2) is 62.2 Å². The molecule has 5 atom stereocenters. The van der Waals surface area contributed by atoms with Gasteiger partial charge in [-0.25, -0.2) is 9.78 Å². The molecule has 9 nitrogen and oxygen atoms in total. The van der Waals surface area contributed by atoms with Crippen LogP contribution in [-0.2, 0) is 14.2 Å². The van der Waals surface area contributed by atoms with E-state index >= 15 is 0 Å². The molecule has 35 heavy (non-hydrogen) atoms. The van der Waals surface area contributed by atoms with Gasteiger partial charge in [0.2, 0.25) is 5.28 Å². The van der Waals surface area contributed by atoms with Crippen LogP contribution in [0.25, 0.3) is 11.0 Å². The van der Waals surface area contributed by atoms with Crippen LogP contribution in [0.1, 0.15) is 65.5 Å². The Bertz CT molecular complexity index is 1140. The molecule has 3 aliphatic rings. The summed E-state index contributed by atoms with van der Waals surface area (Å²) in [6, 6.07) is 0.00486. The van der Waals surface area contributed by atoms with Crippen molar-refractivity contribution in [1.29, 1.82) is 0 Å². The Morgan fingerprint density at radius 3 is 2.69 bits per heavy atom. The van der Waals surface area contributed by atoms with Crippen molar-refractivity contribution >= 4 is 34.5 Å². The van der Waals surface area contributed by atoms with Gasteiger partial charge in [0.1, 0.15) is 23.2 Å². The number of halogens is 1. The van der Waals surface area contributed by atoms with Gasteiger partial charge >= 0.3 is 6.09 Å².